The van der Waals surface area contributed by atoms with Gasteiger partial charge in [0.15, 0.2) is 12.4 Å². The van der Waals surface area contributed by atoms with Crippen LogP contribution in [0.5, 0.6) is 5.88 Å². The summed E-state index contributed by atoms with van der Waals surface area (Å²) in [5.41, 5.74) is 0. The van der Waals surface area contributed by atoms with Crippen molar-refractivity contribution < 1.29 is 18.6 Å². The van der Waals surface area contributed by atoms with Gasteiger partial charge in [0.2, 0.25) is 5.89 Å². The van der Waals surface area contributed by atoms with E-state index in [1.54, 1.807) is 17.9 Å². The molecule has 1 aliphatic carbocycles. The van der Waals surface area contributed by atoms with Gasteiger partial charge in [-0.25, -0.2) is 0 Å². The van der Waals surface area contributed by atoms with Gasteiger partial charge in [-0.1, -0.05) is 5.16 Å². The lowest BCUT2D eigenvalue weighted by molar-refractivity contribution is -0.134. The summed E-state index contributed by atoms with van der Waals surface area (Å²) in [5.74, 6) is 2.59. The molecule has 23 heavy (non-hydrogen) atoms. The Morgan fingerprint density at radius 3 is 2.96 bits per heavy atom. The minimum absolute atomic E-state index is 0.0736. The molecular formula is C15H18N4O4. The molecule has 1 saturated carbocycles. The van der Waals surface area contributed by atoms with Crippen LogP contribution < -0.4 is 4.74 Å². The fraction of sp³-hybridized carbons (Fsp3) is 0.600. The summed E-state index contributed by atoms with van der Waals surface area (Å²) in [6, 6.07) is 1.52. The second-order valence-corrected chi connectivity index (χ2v) is 6.07. The Bertz CT molecular complexity index is 706. The average Bonchev–Trinajstić information content (AvgIpc) is 2.96. The van der Waals surface area contributed by atoms with Gasteiger partial charge >= 0.3 is 0 Å². The van der Waals surface area contributed by atoms with Crippen LogP contribution in [-0.4, -0.2) is 39.3 Å². The average molecular weight is 318 g/mol. The number of likely N-dealkylation sites (tertiary alicyclic amines) is 1. The summed E-state index contributed by atoms with van der Waals surface area (Å²) in [7, 11) is 0. The smallest absolute Gasteiger partial charge is 0.261 e. The number of amides is 1. The van der Waals surface area contributed by atoms with Gasteiger partial charge in [-0.3, -0.25) is 4.79 Å². The summed E-state index contributed by atoms with van der Waals surface area (Å²) in [6.07, 6.45) is 3.99. The van der Waals surface area contributed by atoms with Crippen LogP contribution in [0, 0.1) is 6.92 Å². The zero-order chi connectivity index (χ0) is 15.8. The Balaban J connectivity index is 1.40. The number of nitrogens with zero attached hydrogens (tertiary/aromatic N) is 4. The molecule has 0 N–H and O–H groups in total. The Labute approximate surface area is 132 Å². The lowest BCUT2D eigenvalue weighted by Gasteiger charge is -2.21. The number of aryl methyl sites for hydroxylation is 1. The standard InChI is InChI=1S/C15H18N4O4/c1-9-7-12(17-22-9)21-8-13(20)19-6-2-3-11(19)14-16-15(23-18-14)10-4-5-10/h7,10-11H,2-6,8H2,1H3. The molecule has 0 radical (unpaired) electrons. The zero-order valence-electron chi connectivity index (χ0n) is 12.9. The Hall–Kier alpha value is -2.38. The molecule has 2 aromatic heterocycles. The highest BCUT2D eigenvalue weighted by atomic mass is 16.5. The lowest BCUT2D eigenvalue weighted by atomic mass is 10.2. The van der Waals surface area contributed by atoms with Gasteiger partial charge in [0.05, 0.1) is 6.04 Å². The summed E-state index contributed by atoms with van der Waals surface area (Å²) in [4.78, 5) is 18.6. The van der Waals surface area contributed by atoms with Crippen LogP contribution in [-0.2, 0) is 4.79 Å². The van der Waals surface area contributed by atoms with Crippen LogP contribution in [0.1, 0.15) is 55.1 Å². The minimum Gasteiger partial charge on any atom is -0.465 e. The van der Waals surface area contributed by atoms with E-state index in [0.29, 0.717) is 35.8 Å². The third-order valence-corrected chi connectivity index (χ3v) is 4.21. The lowest BCUT2D eigenvalue weighted by Crippen LogP contribution is -2.34. The van der Waals surface area contributed by atoms with Crippen molar-refractivity contribution in [3.63, 3.8) is 0 Å². The van der Waals surface area contributed by atoms with Crippen molar-refractivity contribution in [1.29, 1.82) is 0 Å². The fourth-order valence-electron chi connectivity index (χ4n) is 2.84. The van der Waals surface area contributed by atoms with Crippen LogP contribution in [0.25, 0.3) is 0 Å². The van der Waals surface area contributed by atoms with Gasteiger partial charge in [-0.15, -0.1) is 0 Å². The Kier molecular flexibility index (Phi) is 3.51. The number of ether oxygens (including phenoxy) is 1. The molecule has 0 bridgehead atoms. The Morgan fingerprint density at radius 2 is 2.22 bits per heavy atom. The molecule has 8 heteroatoms. The molecular weight excluding hydrogens is 300 g/mol. The molecule has 2 fully saturated rings. The molecule has 1 unspecified atom stereocenters. The number of rotatable bonds is 5. The molecule has 1 saturated heterocycles. The predicted molar refractivity (Wildman–Crippen MR) is 76.7 cm³/mol. The highest BCUT2D eigenvalue weighted by Gasteiger charge is 2.36. The van der Waals surface area contributed by atoms with E-state index in [2.05, 4.69) is 15.3 Å². The topological polar surface area (TPSA) is 94.5 Å². The first-order chi connectivity index (χ1) is 11.2. The summed E-state index contributed by atoms with van der Waals surface area (Å²) in [6.45, 7) is 2.37. The second-order valence-electron chi connectivity index (χ2n) is 6.07. The summed E-state index contributed by atoms with van der Waals surface area (Å²) >= 11 is 0. The first kappa shape index (κ1) is 14.2. The largest absolute Gasteiger partial charge is 0.465 e. The minimum atomic E-state index is -0.124. The summed E-state index contributed by atoms with van der Waals surface area (Å²) < 4.78 is 15.6. The van der Waals surface area contributed by atoms with Crippen molar-refractivity contribution in [2.45, 2.75) is 44.6 Å². The molecule has 1 atom stereocenters. The maximum absolute atomic E-state index is 12.4. The zero-order valence-corrected chi connectivity index (χ0v) is 12.9. The van der Waals surface area contributed by atoms with Crippen molar-refractivity contribution in [1.82, 2.24) is 20.2 Å². The van der Waals surface area contributed by atoms with Crippen molar-refractivity contribution in [3.8, 4) is 5.88 Å². The highest BCUT2D eigenvalue weighted by molar-refractivity contribution is 5.78. The third kappa shape index (κ3) is 2.93. The van der Waals surface area contributed by atoms with E-state index in [1.165, 1.54) is 0 Å². The number of aromatic nitrogens is 3. The number of carbonyl (C=O) groups excluding carboxylic acids is 1. The van der Waals surface area contributed by atoms with Gasteiger partial charge in [0.1, 0.15) is 5.76 Å². The van der Waals surface area contributed by atoms with Gasteiger partial charge in [0.25, 0.3) is 11.8 Å². The van der Waals surface area contributed by atoms with E-state index in [0.717, 1.165) is 25.7 Å². The van der Waals surface area contributed by atoms with Gasteiger partial charge in [-0.2, -0.15) is 4.98 Å². The van der Waals surface area contributed by atoms with Crippen LogP contribution in [0.4, 0.5) is 0 Å². The quantitative estimate of drug-likeness (QED) is 0.832. The van der Waals surface area contributed by atoms with E-state index < -0.39 is 0 Å². The van der Waals surface area contributed by atoms with Crippen molar-refractivity contribution >= 4 is 5.91 Å². The normalized spacial score (nSPS) is 20.9. The van der Waals surface area contributed by atoms with E-state index in [1.807, 2.05) is 0 Å². The first-order valence-electron chi connectivity index (χ1n) is 7.90. The van der Waals surface area contributed by atoms with E-state index >= 15 is 0 Å². The second kappa shape index (κ2) is 5.68. The SMILES string of the molecule is Cc1cc(OCC(=O)N2CCCC2c2noc(C3CC3)n2)no1. The predicted octanol–water partition coefficient (Wildman–Crippen LogP) is 1.99. The van der Waals surface area contributed by atoms with Crippen LogP contribution in [0.3, 0.4) is 0 Å². The van der Waals surface area contributed by atoms with Crippen LogP contribution >= 0.6 is 0 Å². The molecule has 1 amide bonds. The molecule has 122 valence electrons. The molecule has 2 aromatic rings. The summed E-state index contributed by atoms with van der Waals surface area (Å²) in [5, 5.41) is 7.78. The maximum Gasteiger partial charge on any atom is 0.261 e. The van der Waals surface area contributed by atoms with Crippen molar-refractivity contribution in [3.05, 3.63) is 23.5 Å². The van der Waals surface area contributed by atoms with Gasteiger partial charge < -0.3 is 18.7 Å². The van der Waals surface area contributed by atoms with Crippen LogP contribution in [0.15, 0.2) is 15.1 Å². The molecule has 0 aromatic carbocycles. The molecule has 0 spiro atoms. The number of hydrogen-bond acceptors (Lipinski definition) is 7. The monoisotopic (exact) mass is 318 g/mol. The fourth-order valence-corrected chi connectivity index (χ4v) is 2.84. The molecule has 2 aliphatic rings. The van der Waals surface area contributed by atoms with Crippen LogP contribution in [0.2, 0.25) is 0 Å². The molecule has 3 heterocycles. The number of carbonyl (C=O) groups is 1. The van der Waals surface area contributed by atoms with Crippen molar-refractivity contribution in [2.24, 2.45) is 0 Å². The third-order valence-electron chi connectivity index (χ3n) is 4.21. The van der Waals surface area contributed by atoms with E-state index in [-0.39, 0.29) is 18.6 Å². The maximum atomic E-state index is 12.4. The first-order valence-corrected chi connectivity index (χ1v) is 7.90. The van der Waals surface area contributed by atoms with Gasteiger partial charge in [0, 0.05) is 18.5 Å². The molecule has 8 nitrogen and oxygen atoms in total. The number of hydrogen-bond donors (Lipinski definition) is 0. The van der Waals surface area contributed by atoms with E-state index in [4.69, 9.17) is 13.8 Å². The highest BCUT2D eigenvalue weighted by Crippen LogP contribution is 2.40. The molecule has 4 rings (SSSR count). The molecule has 1 aliphatic heterocycles. The van der Waals surface area contributed by atoms with E-state index in [9.17, 15) is 4.79 Å². The van der Waals surface area contributed by atoms with Crippen molar-refractivity contribution in [2.75, 3.05) is 13.2 Å². The van der Waals surface area contributed by atoms with Gasteiger partial charge in [-0.05, 0) is 37.8 Å². The Morgan fingerprint density at radius 1 is 1.35 bits per heavy atom.